The highest BCUT2D eigenvalue weighted by molar-refractivity contribution is 7.10. The first-order valence-corrected chi connectivity index (χ1v) is 13.6. The van der Waals surface area contributed by atoms with Crippen LogP contribution >= 0.6 is 11.3 Å². The van der Waals surface area contributed by atoms with Gasteiger partial charge in [0.25, 0.3) is 0 Å². The molecule has 4 rings (SSSR count). The fraction of sp³-hybridized carbons (Fsp3) is 0.414. The summed E-state index contributed by atoms with van der Waals surface area (Å²) >= 11 is 1.73. The number of amides is 1. The lowest BCUT2D eigenvalue weighted by Gasteiger charge is -2.37. The molecular weight excluding hydrogens is 488 g/mol. The maximum absolute atomic E-state index is 13.5. The molecule has 1 amide bonds. The standard InChI is InChI=1S/C29H36N2O5S/c1-3-30(17-23(32)20-35-19-22-9-5-4-6-10-22)18-29(33)31-15-13-28-24(14-16-37-28)25(31)21-36-27-12-8-7-11-26(27)34-2/h4-12,14,16,23,25,32H,3,13,15,17-21H2,1-2H3/t23-,25-/m0/s1. The second-order valence-corrected chi connectivity index (χ2v) is 10.1. The van der Waals surface area contributed by atoms with Gasteiger partial charge in [-0.2, -0.15) is 0 Å². The van der Waals surface area contributed by atoms with Gasteiger partial charge in [-0.1, -0.05) is 49.4 Å². The number of benzene rings is 2. The molecule has 1 aromatic heterocycles. The van der Waals surface area contributed by atoms with Gasteiger partial charge in [0.05, 0.1) is 39.0 Å². The van der Waals surface area contributed by atoms with Crippen LogP contribution in [0.3, 0.4) is 0 Å². The summed E-state index contributed by atoms with van der Waals surface area (Å²) < 4.78 is 17.3. The van der Waals surface area contributed by atoms with E-state index < -0.39 is 6.10 Å². The van der Waals surface area contributed by atoms with E-state index in [2.05, 4.69) is 11.4 Å². The maximum Gasteiger partial charge on any atom is 0.237 e. The van der Waals surface area contributed by atoms with Gasteiger partial charge in [0.1, 0.15) is 6.61 Å². The minimum Gasteiger partial charge on any atom is -0.493 e. The molecule has 2 atom stereocenters. The summed E-state index contributed by atoms with van der Waals surface area (Å²) in [5.74, 6) is 1.36. The van der Waals surface area contributed by atoms with Gasteiger partial charge in [-0.15, -0.1) is 11.3 Å². The van der Waals surface area contributed by atoms with E-state index in [1.54, 1.807) is 18.4 Å². The normalized spacial score (nSPS) is 15.9. The number of fused-ring (bicyclic) bond motifs is 1. The zero-order valence-electron chi connectivity index (χ0n) is 21.5. The molecule has 3 aromatic rings. The van der Waals surface area contributed by atoms with E-state index >= 15 is 0 Å². The van der Waals surface area contributed by atoms with E-state index in [1.165, 1.54) is 4.88 Å². The van der Waals surface area contributed by atoms with Crippen LogP contribution in [0.4, 0.5) is 0 Å². The first kappa shape index (κ1) is 27.1. The zero-order valence-corrected chi connectivity index (χ0v) is 22.4. The minimum absolute atomic E-state index is 0.0322. The molecule has 1 N–H and O–H groups in total. The molecule has 0 aliphatic carbocycles. The smallest absolute Gasteiger partial charge is 0.237 e. The van der Waals surface area contributed by atoms with Crippen molar-refractivity contribution < 1.29 is 24.1 Å². The van der Waals surface area contributed by atoms with Crippen LogP contribution in [-0.2, 0) is 22.6 Å². The molecule has 198 valence electrons. The Bertz CT molecular complexity index is 1120. The van der Waals surface area contributed by atoms with Crippen molar-refractivity contribution in [1.29, 1.82) is 0 Å². The molecule has 2 heterocycles. The summed E-state index contributed by atoms with van der Waals surface area (Å²) in [5, 5.41) is 12.6. The van der Waals surface area contributed by atoms with Crippen molar-refractivity contribution >= 4 is 17.2 Å². The van der Waals surface area contributed by atoms with E-state index in [0.717, 1.165) is 17.5 Å². The highest BCUT2D eigenvalue weighted by Gasteiger charge is 2.33. The van der Waals surface area contributed by atoms with Crippen LogP contribution in [0.15, 0.2) is 66.0 Å². The number of aliphatic hydroxyl groups is 1. The average Bonchev–Trinajstić information content (AvgIpc) is 3.41. The molecule has 1 aliphatic heterocycles. The second kappa shape index (κ2) is 13.6. The Morgan fingerprint density at radius 2 is 1.89 bits per heavy atom. The number of aliphatic hydroxyl groups excluding tert-OH is 1. The minimum atomic E-state index is -0.675. The van der Waals surface area contributed by atoms with Gasteiger partial charge in [0.2, 0.25) is 5.91 Å². The lowest BCUT2D eigenvalue weighted by atomic mass is 10.0. The predicted octanol–water partition coefficient (Wildman–Crippen LogP) is 4.16. The lowest BCUT2D eigenvalue weighted by Crippen LogP contribution is -2.48. The van der Waals surface area contributed by atoms with Crippen molar-refractivity contribution in [3.05, 3.63) is 82.0 Å². The Balaban J connectivity index is 1.35. The third-order valence-electron chi connectivity index (χ3n) is 6.58. The predicted molar refractivity (Wildman–Crippen MR) is 145 cm³/mol. The molecule has 7 nitrogen and oxygen atoms in total. The van der Waals surface area contributed by atoms with Gasteiger partial charge >= 0.3 is 0 Å². The van der Waals surface area contributed by atoms with Crippen LogP contribution in [0.2, 0.25) is 0 Å². The van der Waals surface area contributed by atoms with Crippen molar-refractivity contribution in [3.63, 3.8) is 0 Å². The third-order valence-corrected chi connectivity index (χ3v) is 7.57. The number of rotatable bonds is 13. The fourth-order valence-corrected chi connectivity index (χ4v) is 5.53. The van der Waals surface area contributed by atoms with Crippen LogP contribution in [0, 0.1) is 0 Å². The Morgan fingerprint density at radius 3 is 2.65 bits per heavy atom. The van der Waals surface area contributed by atoms with E-state index in [4.69, 9.17) is 14.2 Å². The van der Waals surface area contributed by atoms with Crippen LogP contribution in [-0.4, -0.2) is 73.4 Å². The SMILES string of the molecule is CCN(CC(=O)N1CCc2sccc2[C@@H]1COc1ccccc1OC)C[C@H](O)COCc1ccccc1. The Kier molecular flexibility index (Phi) is 9.96. The van der Waals surface area contributed by atoms with Gasteiger partial charge in [-0.05, 0) is 47.7 Å². The number of hydrogen-bond donors (Lipinski definition) is 1. The number of carbonyl (C=O) groups excluding carboxylic acids is 1. The number of carbonyl (C=O) groups is 1. The summed E-state index contributed by atoms with van der Waals surface area (Å²) in [6.45, 7) is 4.92. The molecule has 0 saturated heterocycles. The molecule has 1 aliphatic rings. The second-order valence-electron chi connectivity index (χ2n) is 9.10. The number of methoxy groups -OCH3 is 1. The number of ether oxygens (including phenoxy) is 3. The van der Waals surface area contributed by atoms with Crippen molar-refractivity contribution in [1.82, 2.24) is 9.80 Å². The highest BCUT2D eigenvalue weighted by atomic mass is 32.1. The van der Waals surface area contributed by atoms with Crippen LogP contribution in [0.25, 0.3) is 0 Å². The first-order valence-electron chi connectivity index (χ1n) is 12.7. The Morgan fingerprint density at radius 1 is 1.14 bits per heavy atom. The number of thiophene rings is 1. The quantitative estimate of drug-likeness (QED) is 0.362. The molecule has 0 spiro atoms. The molecule has 0 fully saturated rings. The largest absolute Gasteiger partial charge is 0.493 e. The molecule has 8 heteroatoms. The van der Waals surface area contributed by atoms with E-state index in [9.17, 15) is 9.90 Å². The van der Waals surface area contributed by atoms with Gasteiger partial charge < -0.3 is 24.2 Å². The maximum atomic E-state index is 13.5. The molecule has 0 radical (unpaired) electrons. The molecule has 37 heavy (non-hydrogen) atoms. The highest BCUT2D eigenvalue weighted by Crippen LogP contribution is 2.35. The van der Waals surface area contributed by atoms with Crippen molar-refractivity contribution in [2.75, 3.05) is 46.5 Å². The van der Waals surface area contributed by atoms with Gasteiger partial charge in [-0.3, -0.25) is 9.69 Å². The Labute approximate surface area is 223 Å². The molecule has 2 aromatic carbocycles. The van der Waals surface area contributed by atoms with Gasteiger partial charge in [0.15, 0.2) is 11.5 Å². The molecular formula is C29H36N2O5S. The van der Waals surface area contributed by atoms with Crippen LogP contribution in [0.5, 0.6) is 11.5 Å². The topological polar surface area (TPSA) is 71.5 Å². The van der Waals surface area contributed by atoms with E-state index in [1.807, 2.05) is 71.3 Å². The molecule has 0 bridgehead atoms. The zero-order chi connectivity index (χ0) is 26.0. The van der Waals surface area contributed by atoms with Crippen LogP contribution in [0.1, 0.15) is 29.0 Å². The Hall–Kier alpha value is -2.91. The fourth-order valence-electron chi connectivity index (χ4n) is 4.61. The number of para-hydroxylation sites is 2. The summed E-state index contributed by atoms with van der Waals surface area (Å²) in [4.78, 5) is 18.7. The van der Waals surface area contributed by atoms with Crippen molar-refractivity contribution in [2.45, 2.75) is 32.1 Å². The van der Waals surface area contributed by atoms with E-state index in [-0.39, 0.29) is 25.1 Å². The van der Waals surface area contributed by atoms with Crippen molar-refractivity contribution in [3.8, 4) is 11.5 Å². The van der Waals surface area contributed by atoms with Crippen molar-refractivity contribution in [2.24, 2.45) is 0 Å². The monoisotopic (exact) mass is 524 g/mol. The van der Waals surface area contributed by atoms with E-state index in [0.29, 0.717) is 44.3 Å². The first-order chi connectivity index (χ1) is 18.1. The molecule has 0 saturated carbocycles. The van der Waals surface area contributed by atoms with Gasteiger partial charge in [-0.25, -0.2) is 0 Å². The third kappa shape index (κ3) is 7.32. The summed E-state index contributed by atoms with van der Waals surface area (Å²) in [6.07, 6.45) is 0.164. The molecule has 0 unspecified atom stereocenters. The summed E-state index contributed by atoms with van der Waals surface area (Å²) in [6, 6.07) is 19.4. The summed E-state index contributed by atoms with van der Waals surface area (Å²) in [5.41, 5.74) is 2.22. The summed E-state index contributed by atoms with van der Waals surface area (Å²) in [7, 11) is 1.62. The number of hydrogen-bond acceptors (Lipinski definition) is 7. The number of nitrogens with zero attached hydrogens (tertiary/aromatic N) is 2. The van der Waals surface area contributed by atoms with Crippen LogP contribution < -0.4 is 9.47 Å². The number of likely N-dealkylation sites (N-methyl/N-ethyl adjacent to an activating group) is 1. The lowest BCUT2D eigenvalue weighted by molar-refractivity contribution is -0.136. The average molecular weight is 525 g/mol. The van der Waals surface area contributed by atoms with Gasteiger partial charge in [0, 0.05) is 18.0 Å².